The van der Waals surface area contributed by atoms with Gasteiger partial charge in [-0.05, 0) is 0 Å². The summed E-state index contributed by atoms with van der Waals surface area (Å²) in [5.74, 6) is 0. The van der Waals surface area contributed by atoms with Crippen LogP contribution in [0, 0.1) is 0 Å². The summed E-state index contributed by atoms with van der Waals surface area (Å²) in [6.45, 7) is 3.85. The fraction of sp³-hybridized carbons (Fsp3) is 0.333. The number of aldehydes is 1. The summed E-state index contributed by atoms with van der Waals surface area (Å²) in [7, 11) is 0. The average molecular weight is 142 g/mol. The van der Waals surface area contributed by atoms with Crippen LogP contribution in [-0.4, -0.2) is 25.4 Å². The zero-order valence-electron chi connectivity index (χ0n) is 5.59. The van der Waals surface area contributed by atoms with Crippen LogP contribution in [0.4, 0.5) is 4.79 Å². The monoisotopic (exact) mass is 142 g/mol. The van der Waals surface area contributed by atoms with Crippen LogP contribution in [-0.2, 0) is 4.79 Å². The second-order valence-electron chi connectivity index (χ2n) is 1.55. The van der Waals surface area contributed by atoms with Gasteiger partial charge in [0, 0.05) is 6.54 Å². The van der Waals surface area contributed by atoms with Gasteiger partial charge in [0.25, 0.3) is 0 Å². The predicted molar refractivity (Wildman–Crippen MR) is 37.7 cm³/mol. The van der Waals surface area contributed by atoms with E-state index in [1.165, 1.54) is 0 Å². The molecule has 2 N–H and O–H groups in total. The van der Waals surface area contributed by atoms with E-state index in [0.717, 1.165) is 0 Å². The molecular weight excluding hydrogens is 132 g/mol. The lowest BCUT2D eigenvalue weighted by atomic mass is 10.6. The molecule has 0 aliphatic rings. The molecule has 4 nitrogen and oxygen atoms in total. The molecule has 0 aromatic heterocycles. The molecule has 0 aliphatic carbocycles. The number of nitrogens with one attached hydrogen (secondary N) is 2. The SMILES string of the molecule is C=CCNC(=O)NCC=O. The Balaban J connectivity index is 3.24. The van der Waals surface area contributed by atoms with E-state index in [9.17, 15) is 9.59 Å². The highest BCUT2D eigenvalue weighted by atomic mass is 16.2. The highest BCUT2D eigenvalue weighted by Gasteiger charge is 1.92. The second kappa shape index (κ2) is 5.81. The molecule has 0 saturated heterocycles. The van der Waals surface area contributed by atoms with E-state index in [1.54, 1.807) is 6.08 Å². The Bertz CT molecular complexity index is 120. The van der Waals surface area contributed by atoms with E-state index < -0.39 is 0 Å². The molecule has 0 atom stereocenters. The first-order chi connectivity index (χ1) is 4.81. The molecule has 0 bridgehead atoms. The summed E-state index contributed by atoms with van der Waals surface area (Å²) in [6, 6.07) is -0.355. The summed E-state index contributed by atoms with van der Waals surface area (Å²) < 4.78 is 0. The van der Waals surface area contributed by atoms with E-state index in [2.05, 4.69) is 17.2 Å². The zero-order chi connectivity index (χ0) is 7.82. The van der Waals surface area contributed by atoms with Gasteiger partial charge in [0.05, 0.1) is 6.54 Å². The van der Waals surface area contributed by atoms with Gasteiger partial charge >= 0.3 is 6.03 Å². The van der Waals surface area contributed by atoms with Crippen molar-refractivity contribution in [3.05, 3.63) is 12.7 Å². The Kier molecular flexibility index (Phi) is 5.04. The number of rotatable bonds is 4. The van der Waals surface area contributed by atoms with Crippen molar-refractivity contribution < 1.29 is 9.59 Å². The van der Waals surface area contributed by atoms with Crippen molar-refractivity contribution in [3.8, 4) is 0 Å². The lowest BCUT2D eigenvalue weighted by molar-refractivity contribution is -0.107. The lowest BCUT2D eigenvalue weighted by Gasteiger charge is -2.00. The third-order valence-electron chi connectivity index (χ3n) is 0.753. The molecule has 0 rings (SSSR count). The van der Waals surface area contributed by atoms with Gasteiger partial charge in [-0.25, -0.2) is 4.79 Å². The fourth-order valence-electron chi connectivity index (χ4n) is 0.362. The fourth-order valence-corrected chi connectivity index (χ4v) is 0.362. The van der Waals surface area contributed by atoms with Crippen molar-refractivity contribution in [2.24, 2.45) is 0 Å². The Morgan fingerprint density at radius 1 is 1.40 bits per heavy atom. The van der Waals surface area contributed by atoms with E-state index >= 15 is 0 Å². The Hall–Kier alpha value is -1.32. The first kappa shape index (κ1) is 8.68. The first-order valence-electron chi connectivity index (χ1n) is 2.87. The first-order valence-corrected chi connectivity index (χ1v) is 2.87. The van der Waals surface area contributed by atoms with Crippen LogP contribution < -0.4 is 10.6 Å². The van der Waals surface area contributed by atoms with Crippen molar-refractivity contribution in [1.29, 1.82) is 0 Å². The minimum atomic E-state index is -0.355. The highest BCUT2D eigenvalue weighted by Crippen LogP contribution is 1.63. The molecule has 56 valence electrons. The highest BCUT2D eigenvalue weighted by molar-refractivity contribution is 5.76. The van der Waals surface area contributed by atoms with Gasteiger partial charge in [-0.1, -0.05) is 6.08 Å². The van der Waals surface area contributed by atoms with Gasteiger partial charge in [0.1, 0.15) is 6.29 Å². The summed E-state index contributed by atoms with van der Waals surface area (Å²) >= 11 is 0. The van der Waals surface area contributed by atoms with Gasteiger partial charge in [0.15, 0.2) is 0 Å². The Morgan fingerprint density at radius 3 is 2.50 bits per heavy atom. The maximum atomic E-state index is 10.5. The van der Waals surface area contributed by atoms with Crippen LogP contribution >= 0.6 is 0 Å². The smallest absolute Gasteiger partial charge is 0.315 e. The summed E-state index contributed by atoms with van der Waals surface area (Å²) in [4.78, 5) is 20.3. The number of amides is 2. The van der Waals surface area contributed by atoms with Crippen molar-refractivity contribution in [2.45, 2.75) is 0 Å². The molecule has 10 heavy (non-hydrogen) atoms. The molecule has 0 aromatic rings. The molecule has 2 amide bonds. The predicted octanol–water partition coefficient (Wildman–Crippen LogP) is -0.330. The number of urea groups is 1. The quantitative estimate of drug-likeness (QED) is 0.417. The van der Waals surface area contributed by atoms with E-state index in [1.807, 2.05) is 0 Å². The van der Waals surface area contributed by atoms with E-state index in [4.69, 9.17) is 0 Å². The minimum Gasteiger partial charge on any atom is -0.335 e. The molecule has 0 aromatic carbocycles. The van der Waals surface area contributed by atoms with Crippen molar-refractivity contribution in [3.63, 3.8) is 0 Å². The third kappa shape index (κ3) is 4.83. The molecule has 0 saturated carbocycles. The molecule has 0 unspecified atom stereocenters. The van der Waals surface area contributed by atoms with Gasteiger partial charge in [-0.2, -0.15) is 0 Å². The van der Waals surface area contributed by atoms with E-state index in [0.29, 0.717) is 12.8 Å². The van der Waals surface area contributed by atoms with Gasteiger partial charge in [-0.3, -0.25) is 0 Å². The number of hydrogen-bond acceptors (Lipinski definition) is 2. The van der Waals surface area contributed by atoms with E-state index in [-0.39, 0.29) is 12.6 Å². The molecule has 0 radical (unpaired) electrons. The summed E-state index contributed by atoms with van der Waals surface area (Å²) in [5.41, 5.74) is 0. The van der Waals surface area contributed by atoms with Gasteiger partial charge in [0.2, 0.25) is 0 Å². The Labute approximate surface area is 59.3 Å². The van der Waals surface area contributed by atoms with Crippen LogP contribution in [0.5, 0.6) is 0 Å². The normalized spacial score (nSPS) is 8.00. The Morgan fingerprint density at radius 2 is 2.00 bits per heavy atom. The molecule has 0 heterocycles. The molecule has 0 spiro atoms. The molecule has 0 aliphatic heterocycles. The van der Waals surface area contributed by atoms with Crippen LogP contribution in [0.25, 0.3) is 0 Å². The maximum absolute atomic E-state index is 10.5. The lowest BCUT2D eigenvalue weighted by Crippen LogP contribution is -2.36. The second-order valence-corrected chi connectivity index (χ2v) is 1.55. The molecular formula is C6H10N2O2. The molecule has 4 heteroatoms. The largest absolute Gasteiger partial charge is 0.335 e. The van der Waals surface area contributed by atoms with Gasteiger partial charge in [-0.15, -0.1) is 6.58 Å². The maximum Gasteiger partial charge on any atom is 0.315 e. The standard InChI is InChI=1S/C6H10N2O2/c1-2-3-7-6(10)8-4-5-9/h2,5H,1,3-4H2,(H2,7,8,10). The van der Waals surface area contributed by atoms with Crippen LogP contribution in [0.1, 0.15) is 0 Å². The number of carbonyl (C=O) groups is 2. The summed E-state index contributed by atoms with van der Waals surface area (Å²) in [6.07, 6.45) is 2.17. The summed E-state index contributed by atoms with van der Waals surface area (Å²) in [5, 5.41) is 4.74. The topological polar surface area (TPSA) is 58.2 Å². The van der Waals surface area contributed by atoms with Crippen molar-refractivity contribution >= 4 is 12.3 Å². The van der Waals surface area contributed by atoms with Gasteiger partial charge < -0.3 is 15.4 Å². The molecule has 0 fully saturated rings. The number of carbonyl (C=O) groups excluding carboxylic acids is 2. The zero-order valence-corrected chi connectivity index (χ0v) is 5.59. The number of hydrogen-bond donors (Lipinski definition) is 2. The van der Waals surface area contributed by atoms with Crippen LogP contribution in [0.2, 0.25) is 0 Å². The third-order valence-corrected chi connectivity index (χ3v) is 0.753. The average Bonchev–Trinajstić information content (AvgIpc) is 1.97. The van der Waals surface area contributed by atoms with Crippen molar-refractivity contribution in [2.75, 3.05) is 13.1 Å². The van der Waals surface area contributed by atoms with Crippen molar-refractivity contribution in [1.82, 2.24) is 10.6 Å². The minimum absolute atomic E-state index is 0.0446. The van der Waals surface area contributed by atoms with Crippen LogP contribution in [0.3, 0.4) is 0 Å². The van der Waals surface area contributed by atoms with Crippen LogP contribution in [0.15, 0.2) is 12.7 Å².